The highest BCUT2D eigenvalue weighted by Crippen LogP contribution is 2.64. The first-order chi connectivity index (χ1) is 31.6. The van der Waals surface area contributed by atoms with Crippen LogP contribution in [0.25, 0.3) is 95.5 Å². The predicted molar refractivity (Wildman–Crippen MR) is 265 cm³/mol. The van der Waals surface area contributed by atoms with E-state index < -0.39 is 0 Å². The number of hydrogen-bond donors (Lipinski definition) is 0. The maximum atomic E-state index is 5.13. The van der Waals surface area contributed by atoms with Crippen LogP contribution in [0, 0.1) is 6.92 Å². The summed E-state index contributed by atoms with van der Waals surface area (Å²) in [5.74, 6) is 1.94. The Labute approximate surface area is 374 Å². The van der Waals surface area contributed by atoms with Crippen molar-refractivity contribution in [3.8, 4) is 78.7 Å². The van der Waals surface area contributed by atoms with Crippen molar-refractivity contribution in [2.45, 2.75) is 25.7 Å². The van der Waals surface area contributed by atoms with Crippen molar-refractivity contribution in [1.29, 1.82) is 0 Å². The number of nitrogens with zero attached hydrogens (tertiary/aromatic N) is 3. The van der Waals surface area contributed by atoms with Crippen LogP contribution >= 0.6 is 0 Å². The van der Waals surface area contributed by atoms with Crippen molar-refractivity contribution in [1.82, 2.24) is 15.0 Å². The van der Waals surface area contributed by atoms with Crippen molar-refractivity contribution in [3.63, 3.8) is 0 Å². The largest absolute Gasteiger partial charge is 0.208 e. The van der Waals surface area contributed by atoms with E-state index in [1.54, 1.807) is 0 Å². The van der Waals surface area contributed by atoms with E-state index in [-0.39, 0.29) is 5.41 Å². The van der Waals surface area contributed by atoms with Crippen LogP contribution in [-0.4, -0.2) is 15.0 Å². The Bertz CT molecular complexity index is 3460. The SMILES string of the molecule is CC/C=C\c1cc(-c2nc(-c3ccc(-c4cccc(-c5cccc6c5-c5ccccc5C65c6ccccc6-c6ccccc65)c4)cc3)nc(-c3ccc4ccccc4c3)n2)ccc1C. The topological polar surface area (TPSA) is 38.7 Å². The minimum atomic E-state index is -0.376. The Kier molecular flexibility index (Phi) is 8.91. The molecule has 0 saturated carbocycles. The summed E-state index contributed by atoms with van der Waals surface area (Å²) in [7, 11) is 0. The monoisotopic (exact) mass is 817 g/mol. The Morgan fingerprint density at radius 3 is 1.62 bits per heavy atom. The Morgan fingerprint density at radius 2 is 0.906 bits per heavy atom. The van der Waals surface area contributed by atoms with Crippen LogP contribution in [0.15, 0.2) is 206 Å². The van der Waals surface area contributed by atoms with E-state index in [2.05, 4.69) is 226 Å². The second kappa shape index (κ2) is 15.1. The molecule has 64 heavy (non-hydrogen) atoms. The maximum Gasteiger partial charge on any atom is 0.164 e. The van der Waals surface area contributed by atoms with Crippen molar-refractivity contribution < 1.29 is 0 Å². The third-order valence-corrected chi connectivity index (χ3v) is 13.4. The van der Waals surface area contributed by atoms with Gasteiger partial charge in [-0.15, -0.1) is 0 Å². The van der Waals surface area contributed by atoms with Crippen LogP contribution in [-0.2, 0) is 5.41 Å². The minimum absolute atomic E-state index is 0.376. The molecule has 12 rings (SSSR count). The molecule has 3 nitrogen and oxygen atoms in total. The number of aryl methyl sites for hydroxylation is 1. The van der Waals surface area contributed by atoms with Gasteiger partial charge in [0, 0.05) is 16.7 Å². The maximum absolute atomic E-state index is 5.13. The fourth-order valence-corrected chi connectivity index (χ4v) is 10.4. The summed E-state index contributed by atoms with van der Waals surface area (Å²) in [5.41, 5.74) is 20.2. The van der Waals surface area contributed by atoms with Gasteiger partial charge in [-0.2, -0.15) is 0 Å². The smallest absolute Gasteiger partial charge is 0.164 e. The molecule has 0 radical (unpaired) electrons. The molecule has 9 aromatic carbocycles. The molecule has 0 N–H and O–H groups in total. The van der Waals surface area contributed by atoms with Gasteiger partial charge in [-0.25, -0.2) is 15.0 Å². The molecule has 0 bridgehead atoms. The zero-order chi connectivity index (χ0) is 42.8. The number of aromatic nitrogens is 3. The van der Waals surface area contributed by atoms with Crippen molar-refractivity contribution in [2.75, 3.05) is 0 Å². The molecule has 0 saturated heterocycles. The molecule has 3 heteroatoms. The van der Waals surface area contributed by atoms with Crippen molar-refractivity contribution in [2.24, 2.45) is 0 Å². The first-order valence-corrected chi connectivity index (χ1v) is 22.3. The summed E-state index contributed by atoms with van der Waals surface area (Å²) in [6.45, 7) is 4.30. The summed E-state index contributed by atoms with van der Waals surface area (Å²) in [4.78, 5) is 15.4. The zero-order valence-corrected chi connectivity index (χ0v) is 35.8. The third kappa shape index (κ3) is 5.92. The van der Waals surface area contributed by atoms with E-state index in [1.165, 1.54) is 72.1 Å². The first kappa shape index (κ1) is 37.7. The van der Waals surface area contributed by atoms with E-state index in [0.717, 1.165) is 39.6 Å². The average Bonchev–Trinajstić information content (AvgIpc) is 3.83. The molecule has 2 aliphatic rings. The molecule has 0 fully saturated rings. The number of hydrogen-bond acceptors (Lipinski definition) is 3. The van der Waals surface area contributed by atoms with Gasteiger partial charge in [-0.3, -0.25) is 0 Å². The fourth-order valence-electron chi connectivity index (χ4n) is 10.4. The third-order valence-electron chi connectivity index (χ3n) is 13.4. The van der Waals surface area contributed by atoms with Gasteiger partial charge in [-0.05, 0) is 120 Å². The van der Waals surface area contributed by atoms with Crippen LogP contribution in [0.3, 0.4) is 0 Å². The highest BCUT2D eigenvalue weighted by atomic mass is 15.0. The Balaban J connectivity index is 0.945. The molecule has 0 unspecified atom stereocenters. The van der Waals surface area contributed by atoms with Crippen LogP contribution < -0.4 is 0 Å². The molecule has 10 aromatic rings. The van der Waals surface area contributed by atoms with E-state index in [9.17, 15) is 0 Å². The molecule has 0 amide bonds. The number of fused-ring (bicyclic) bond motifs is 11. The second-order valence-corrected chi connectivity index (χ2v) is 17.0. The molecule has 0 atom stereocenters. The van der Waals surface area contributed by atoms with Gasteiger partial charge >= 0.3 is 0 Å². The predicted octanol–water partition coefficient (Wildman–Crippen LogP) is 15.4. The normalized spacial score (nSPS) is 13.0. The Morgan fingerprint density at radius 1 is 0.391 bits per heavy atom. The standard InChI is InChI=1S/C61H43N3/c1-3-4-15-43-36-47(29-28-39(43)2)59-62-58(63-60(64-59)48-35-32-40-16-5-6-17-44(40)38-48)42-33-30-41(31-34-42)45-18-13-19-46(37-45)49-23-14-27-56-57(49)52-22-9-12-26-55(52)61(56)53-24-10-7-20-50(53)51-21-8-11-25-54(51)61/h4-38H,3H2,1-2H3/b15-4-. The van der Waals surface area contributed by atoms with Gasteiger partial charge in [0.1, 0.15) is 0 Å². The highest BCUT2D eigenvalue weighted by Gasteiger charge is 2.51. The molecule has 2 aliphatic carbocycles. The quantitative estimate of drug-likeness (QED) is 0.161. The minimum Gasteiger partial charge on any atom is -0.208 e. The number of benzene rings is 9. The van der Waals surface area contributed by atoms with Gasteiger partial charge in [0.2, 0.25) is 0 Å². The molecule has 1 spiro atoms. The van der Waals surface area contributed by atoms with Gasteiger partial charge in [0.05, 0.1) is 5.41 Å². The van der Waals surface area contributed by atoms with Gasteiger partial charge in [0.15, 0.2) is 17.5 Å². The summed E-state index contributed by atoms with van der Waals surface area (Å²) in [5, 5.41) is 2.33. The van der Waals surface area contributed by atoms with Gasteiger partial charge in [0.25, 0.3) is 0 Å². The van der Waals surface area contributed by atoms with E-state index in [4.69, 9.17) is 15.0 Å². The molecule has 1 heterocycles. The molecule has 1 aromatic heterocycles. The lowest BCUT2D eigenvalue weighted by Gasteiger charge is -2.30. The van der Waals surface area contributed by atoms with E-state index >= 15 is 0 Å². The second-order valence-electron chi connectivity index (χ2n) is 17.0. The van der Waals surface area contributed by atoms with Crippen molar-refractivity contribution in [3.05, 3.63) is 240 Å². The van der Waals surface area contributed by atoms with Crippen LogP contribution in [0.1, 0.15) is 46.7 Å². The molecule has 0 aliphatic heterocycles. The summed E-state index contributed by atoms with van der Waals surface area (Å²) >= 11 is 0. The lowest BCUT2D eigenvalue weighted by atomic mass is 9.70. The lowest BCUT2D eigenvalue weighted by molar-refractivity contribution is 0.794. The number of rotatable bonds is 7. The summed E-state index contributed by atoms with van der Waals surface area (Å²) in [6.07, 6.45) is 5.35. The fraction of sp³-hybridized carbons (Fsp3) is 0.0656. The van der Waals surface area contributed by atoms with E-state index in [1.807, 2.05) is 0 Å². The van der Waals surface area contributed by atoms with Gasteiger partial charge in [-0.1, -0.05) is 201 Å². The highest BCUT2D eigenvalue weighted by molar-refractivity contribution is 6.00. The summed E-state index contributed by atoms with van der Waals surface area (Å²) < 4.78 is 0. The van der Waals surface area contributed by atoms with E-state index in [0.29, 0.717) is 17.5 Å². The Hall–Kier alpha value is -8.01. The van der Waals surface area contributed by atoms with Crippen LogP contribution in [0.5, 0.6) is 0 Å². The molecule has 302 valence electrons. The zero-order valence-electron chi connectivity index (χ0n) is 35.8. The van der Waals surface area contributed by atoms with Crippen molar-refractivity contribution >= 4 is 16.8 Å². The average molecular weight is 818 g/mol. The molecular weight excluding hydrogens is 775 g/mol. The number of allylic oxidation sites excluding steroid dienone is 1. The van der Waals surface area contributed by atoms with Gasteiger partial charge < -0.3 is 0 Å². The van der Waals surface area contributed by atoms with Crippen LogP contribution in [0.2, 0.25) is 0 Å². The lowest BCUT2D eigenvalue weighted by Crippen LogP contribution is -2.25. The first-order valence-electron chi connectivity index (χ1n) is 22.3. The summed E-state index contributed by atoms with van der Waals surface area (Å²) in [6, 6.07) is 72.9. The molecular formula is C61H43N3. The van der Waals surface area contributed by atoms with Crippen LogP contribution in [0.4, 0.5) is 0 Å².